The first kappa shape index (κ1) is 9.73. The number of aryl methyl sites for hydroxylation is 1. The maximum absolute atomic E-state index is 5.36. The lowest BCUT2D eigenvalue weighted by atomic mass is 10.2. The highest BCUT2D eigenvalue weighted by molar-refractivity contribution is 8.00. The van der Waals surface area contributed by atoms with Crippen LogP contribution in [-0.4, -0.2) is 21.5 Å². The van der Waals surface area contributed by atoms with Crippen LogP contribution in [0.3, 0.4) is 0 Å². The molecule has 1 aromatic heterocycles. The first-order valence-electron chi connectivity index (χ1n) is 4.75. The first-order valence-corrected chi connectivity index (χ1v) is 5.91. The lowest BCUT2D eigenvalue weighted by Gasteiger charge is -2.23. The molecule has 0 aliphatic carbocycles. The molecule has 1 saturated heterocycles. The van der Waals surface area contributed by atoms with Crippen molar-refractivity contribution in [1.82, 2.24) is 9.97 Å². The average molecular weight is 210 g/mol. The highest BCUT2D eigenvalue weighted by Gasteiger charge is 2.23. The molecule has 0 saturated carbocycles. The van der Waals surface area contributed by atoms with Gasteiger partial charge in [-0.1, -0.05) is 6.92 Å². The predicted molar refractivity (Wildman–Crippen MR) is 59.3 cm³/mol. The number of nitrogens with two attached hydrogens (primary N) is 1. The van der Waals surface area contributed by atoms with Gasteiger partial charge in [-0.25, -0.2) is 15.8 Å². The Hall–Kier alpha value is -0.810. The van der Waals surface area contributed by atoms with Crippen molar-refractivity contribution in [3.05, 3.63) is 17.6 Å². The summed E-state index contributed by atoms with van der Waals surface area (Å²) < 4.78 is 0. The lowest BCUT2D eigenvalue weighted by Crippen LogP contribution is -2.20. The van der Waals surface area contributed by atoms with Crippen LogP contribution in [0.15, 0.2) is 6.07 Å². The molecule has 0 atom stereocenters. The second-order valence-corrected chi connectivity index (χ2v) is 4.41. The Morgan fingerprint density at radius 1 is 1.57 bits per heavy atom. The number of thioether (sulfide) groups is 1. The second-order valence-electron chi connectivity index (χ2n) is 3.33. The van der Waals surface area contributed by atoms with Gasteiger partial charge < -0.3 is 5.43 Å². The van der Waals surface area contributed by atoms with Crippen LogP contribution in [0.25, 0.3) is 0 Å². The van der Waals surface area contributed by atoms with E-state index in [-0.39, 0.29) is 0 Å². The van der Waals surface area contributed by atoms with E-state index in [2.05, 4.69) is 22.3 Å². The number of hydrazine groups is 1. The number of aromatic nitrogens is 2. The summed E-state index contributed by atoms with van der Waals surface area (Å²) in [6.07, 6.45) is 0.921. The Morgan fingerprint density at radius 2 is 2.36 bits per heavy atom. The van der Waals surface area contributed by atoms with Gasteiger partial charge in [-0.15, -0.1) is 0 Å². The zero-order valence-electron chi connectivity index (χ0n) is 8.16. The first-order chi connectivity index (χ1) is 6.83. The van der Waals surface area contributed by atoms with Crippen molar-refractivity contribution in [2.45, 2.75) is 19.3 Å². The van der Waals surface area contributed by atoms with Gasteiger partial charge in [-0.2, -0.15) is 11.8 Å². The average Bonchev–Trinajstić information content (AvgIpc) is 2.14. The van der Waals surface area contributed by atoms with Gasteiger partial charge in [0.05, 0.1) is 0 Å². The Morgan fingerprint density at radius 3 is 2.86 bits per heavy atom. The fourth-order valence-corrected chi connectivity index (χ4v) is 2.11. The van der Waals surface area contributed by atoms with Crippen molar-refractivity contribution in [2.75, 3.05) is 16.9 Å². The molecule has 3 N–H and O–H groups in total. The summed E-state index contributed by atoms with van der Waals surface area (Å²) in [6.45, 7) is 2.09. The van der Waals surface area contributed by atoms with E-state index in [4.69, 9.17) is 5.84 Å². The van der Waals surface area contributed by atoms with Crippen molar-refractivity contribution < 1.29 is 0 Å². The molecule has 1 aliphatic heterocycles. The molecule has 4 nitrogen and oxygen atoms in total. The van der Waals surface area contributed by atoms with Gasteiger partial charge in [-0.05, 0) is 6.42 Å². The third kappa shape index (κ3) is 1.83. The van der Waals surface area contributed by atoms with Crippen LogP contribution in [0.1, 0.15) is 24.4 Å². The maximum Gasteiger partial charge on any atom is 0.143 e. The van der Waals surface area contributed by atoms with Gasteiger partial charge in [0.25, 0.3) is 0 Å². The fraction of sp³-hybridized carbons (Fsp3) is 0.556. The summed E-state index contributed by atoms with van der Waals surface area (Å²) in [5, 5.41) is 0. The van der Waals surface area contributed by atoms with E-state index in [0.717, 1.165) is 35.3 Å². The van der Waals surface area contributed by atoms with E-state index in [0.29, 0.717) is 5.92 Å². The van der Waals surface area contributed by atoms with Crippen LogP contribution in [-0.2, 0) is 6.42 Å². The molecule has 2 rings (SSSR count). The number of nitrogens with one attached hydrogen (secondary N) is 1. The van der Waals surface area contributed by atoms with E-state index in [9.17, 15) is 0 Å². The molecule has 0 radical (unpaired) electrons. The molecule has 0 bridgehead atoms. The highest BCUT2D eigenvalue weighted by atomic mass is 32.2. The summed E-state index contributed by atoms with van der Waals surface area (Å²) in [6, 6.07) is 1.90. The molecular formula is C9H14N4S. The Kier molecular flexibility index (Phi) is 2.88. The molecule has 2 heterocycles. The molecule has 76 valence electrons. The monoisotopic (exact) mass is 210 g/mol. The topological polar surface area (TPSA) is 63.8 Å². The fourth-order valence-electron chi connectivity index (χ4n) is 1.34. The van der Waals surface area contributed by atoms with Gasteiger partial charge in [0.15, 0.2) is 0 Å². The largest absolute Gasteiger partial charge is 0.308 e. The molecule has 14 heavy (non-hydrogen) atoms. The van der Waals surface area contributed by atoms with Crippen LogP contribution >= 0.6 is 11.8 Å². The summed E-state index contributed by atoms with van der Waals surface area (Å²) in [5.74, 6) is 9.82. The van der Waals surface area contributed by atoms with Crippen molar-refractivity contribution >= 4 is 17.6 Å². The molecule has 1 aromatic rings. The number of hydrogen-bond donors (Lipinski definition) is 2. The Labute approximate surface area is 87.7 Å². The zero-order chi connectivity index (χ0) is 9.97. The van der Waals surface area contributed by atoms with E-state index < -0.39 is 0 Å². The summed E-state index contributed by atoms with van der Waals surface area (Å²) in [4.78, 5) is 8.86. The van der Waals surface area contributed by atoms with E-state index in [1.807, 2.05) is 17.8 Å². The molecule has 1 fully saturated rings. The normalized spacial score (nSPS) is 16.4. The van der Waals surface area contributed by atoms with Gasteiger partial charge >= 0.3 is 0 Å². The highest BCUT2D eigenvalue weighted by Crippen LogP contribution is 2.32. The SMILES string of the molecule is CCc1cc(NN)nc(C2CSC2)n1. The Balaban J connectivity index is 2.28. The molecule has 1 aliphatic rings. The number of rotatable bonds is 3. The van der Waals surface area contributed by atoms with E-state index in [1.165, 1.54) is 0 Å². The maximum atomic E-state index is 5.36. The van der Waals surface area contributed by atoms with E-state index in [1.54, 1.807) is 0 Å². The van der Waals surface area contributed by atoms with Gasteiger partial charge in [0, 0.05) is 29.2 Å². The number of nitrogen functional groups attached to an aromatic ring is 1. The van der Waals surface area contributed by atoms with Crippen molar-refractivity contribution in [1.29, 1.82) is 0 Å². The van der Waals surface area contributed by atoms with Crippen LogP contribution in [0, 0.1) is 0 Å². The number of hydrogen-bond acceptors (Lipinski definition) is 5. The molecule has 0 amide bonds. The van der Waals surface area contributed by atoms with Crippen LogP contribution < -0.4 is 11.3 Å². The van der Waals surface area contributed by atoms with Crippen LogP contribution in [0.5, 0.6) is 0 Å². The molecule has 0 aromatic carbocycles. The minimum Gasteiger partial charge on any atom is -0.308 e. The third-order valence-electron chi connectivity index (χ3n) is 2.31. The summed E-state index contributed by atoms with van der Waals surface area (Å²) >= 11 is 1.94. The zero-order valence-corrected chi connectivity index (χ0v) is 8.97. The summed E-state index contributed by atoms with van der Waals surface area (Å²) in [5.41, 5.74) is 3.64. The van der Waals surface area contributed by atoms with Gasteiger partial charge in [0.1, 0.15) is 11.6 Å². The Bertz CT molecular complexity index is 302. The lowest BCUT2D eigenvalue weighted by molar-refractivity contribution is 0.750. The number of anilines is 1. The minimum atomic E-state index is 0.526. The molecule has 0 unspecified atom stereocenters. The van der Waals surface area contributed by atoms with Crippen molar-refractivity contribution in [3.8, 4) is 0 Å². The van der Waals surface area contributed by atoms with Crippen LogP contribution in [0.4, 0.5) is 5.82 Å². The van der Waals surface area contributed by atoms with Crippen molar-refractivity contribution in [3.63, 3.8) is 0 Å². The molecule has 0 spiro atoms. The number of nitrogens with zero attached hydrogens (tertiary/aromatic N) is 2. The molecule has 5 heteroatoms. The quantitative estimate of drug-likeness (QED) is 0.579. The van der Waals surface area contributed by atoms with Crippen molar-refractivity contribution in [2.24, 2.45) is 5.84 Å². The standard InChI is InChI=1S/C9H14N4S/c1-2-7-3-8(13-10)12-9(11-7)6-4-14-5-6/h3,6H,2,4-5,10H2,1H3,(H,11,12,13). The van der Waals surface area contributed by atoms with E-state index >= 15 is 0 Å². The minimum absolute atomic E-state index is 0.526. The molecular weight excluding hydrogens is 196 g/mol. The smallest absolute Gasteiger partial charge is 0.143 e. The van der Waals surface area contributed by atoms with Gasteiger partial charge in [-0.3, -0.25) is 0 Å². The summed E-state index contributed by atoms with van der Waals surface area (Å²) in [7, 11) is 0. The third-order valence-corrected chi connectivity index (χ3v) is 3.59. The predicted octanol–water partition coefficient (Wildman–Crippen LogP) is 1.16. The van der Waals surface area contributed by atoms with Crippen LogP contribution in [0.2, 0.25) is 0 Å². The van der Waals surface area contributed by atoms with Gasteiger partial charge in [0.2, 0.25) is 0 Å². The second kappa shape index (κ2) is 4.14.